The third-order valence-electron chi connectivity index (χ3n) is 1.33. The number of hydrogen-bond acceptors (Lipinski definition) is 2. The summed E-state index contributed by atoms with van der Waals surface area (Å²) in [6.07, 6.45) is 3.31. The summed E-state index contributed by atoms with van der Waals surface area (Å²) in [5.74, 6) is 0. The van der Waals surface area contributed by atoms with Crippen molar-refractivity contribution >= 4 is 15.9 Å². The minimum atomic E-state index is -0.452. The molecule has 0 unspecified atom stereocenters. The zero-order chi connectivity index (χ0) is 9.56. The van der Waals surface area contributed by atoms with Crippen molar-refractivity contribution in [2.45, 2.75) is 6.42 Å². The van der Waals surface area contributed by atoms with Crippen LogP contribution in [0.3, 0.4) is 0 Å². The normalized spacial score (nSPS) is 11.8. The molecule has 0 aromatic rings. The van der Waals surface area contributed by atoms with E-state index in [1.807, 2.05) is 0 Å². The number of hydrogen-bond donors (Lipinski definition) is 0. The summed E-state index contributed by atoms with van der Waals surface area (Å²) >= 11 is 3.20. The SMILES string of the molecule is C=C/C(CCBr)=C(\C=C)[N+](=O)[O-]. The fourth-order valence-corrected chi connectivity index (χ4v) is 1.19. The van der Waals surface area contributed by atoms with Gasteiger partial charge in [0, 0.05) is 17.0 Å². The van der Waals surface area contributed by atoms with Gasteiger partial charge in [0.1, 0.15) is 0 Å². The lowest BCUT2D eigenvalue weighted by Gasteiger charge is -1.98. The summed E-state index contributed by atoms with van der Waals surface area (Å²) in [5.41, 5.74) is 0.635. The molecule has 0 aromatic heterocycles. The Balaban J connectivity index is 4.86. The second-order valence-electron chi connectivity index (χ2n) is 2.01. The molecule has 0 atom stereocenters. The molecule has 0 saturated carbocycles. The van der Waals surface area contributed by atoms with Crippen molar-refractivity contribution in [1.29, 1.82) is 0 Å². The van der Waals surface area contributed by atoms with Crippen molar-refractivity contribution in [3.63, 3.8) is 0 Å². The Morgan fingerprint density at radius 2 is 2.08 bits per heavy atom. The quantitative estimate of drug-likeness (QED) is 0.316. The van der Waals surface area contributed by atoms with Gasteiger partial charge in [0.25, 0.3) is 5.70 Å². The zero-order valence-electron chi connectivity index (χ0n) is 6.62. The lowest BCUT2D eigenvalue weighted by molar-refractivity contribution is -0.420. The summed E-state index contributed by atoms with van der Waals surface area (Å²) in [4.78, 5) is 9.97. The first-order valence-corrected chi connectivity index (χ1v) is 4.47. The molecule has 0 bridgehead atoms. The van der Waals surface area contributed by atoms with Gasteiger partial charge in [-0.2, -0.15) is 0 Å². The maximum Gasteiger partial charge on any atom is 0.271 e. The molecule has 3 nitrogen and oxygen atoms in total. The Morgan fingerprint density at radius 3 is 2.33 bits per heavy atom. The number of allylic oxidation sites excluding steroid dienone is 3. The van der Waals surface area contributed by atoms with Crippen LogP contribution in [-0.4, -0.2) is 10.3 Å². The molecule has 0 amide bonds. The van der Waals surface area contributed by atoms with E-state index in [4.69, 9.17) is 0 Å². The number of rotatable bonds is 5. The highest BCUT2D eigenvalue weighted by Crippen LogP contribution is 2.12. The van der Waals surface area contributed by atoms with Crippen LogP contribution >= 0.6 is 15.9 Å². The molecule has 0 aliphatic heterocycles. The molecule has 0 spiro atoms. The van der Waals surface area contributed by atoms with Crippen LogP contribution in [0.2, 0.25) is 0 Å². The Bertz CT molecular complexity index is 233. The van der Waals surface area contributed by atoms with Gasteiger partial charge in [-0.1, -0.05) is 35.2 Å². The standard InChI is InChI=1S/C8H10BrNO2/c1-3-7(5-6-9)8(4-2)10(11)12/h3-4H,1-2,5-6H2/b8-7-. The average Bonchev–Trinajstić information content (AvgIpc) is 2.03. The van der Waals surface area contributed by atoms with Crippen LogP contribution in [0.4, 0.5) is 0 Å². The Kier molecular flexibility index (Phi) is 5.28. The number of alkyl halides is 1. The molecule has 0 rings (SSSR count). The predicted octanol–water partition coefficient (Wildman–Crippen LogP) is 2.67. The molecule has 12 heavy (non-hydrogen) atoms. The van der Waals surface area contributed by atoms with Crippen molar-refractivity contribution in [1.82, 2.24) is 0 Å². The van der Waals surface area contributed by atoms with Gasteiger partial charge in [0.2, 0.25) is 0 Å². The van der Waals surface area contributed by atoms with Crippen LogP contribution in [0.1, 0.15) is 6.42 Å². The van der Waals surface area contributed by atoms with Crippen molar-refractivity contribution in [2.75, 3.05) is 5.33 Å². The van der Waals surface area contributed by atoms with E-state index in [0.29, 0.717) is 17.3 Å². The Hall–Kier alpha value is -0.900. The maximum atomic E-state index is 10.4. The molecule has 0 fully saturated rings. The molecule has 0 saturated heterocycles. The minimum Gasteiger partial charge on any atom is -0.258 e. The van der Waals surface area contributed by atoms with Gasteiger partial charge >= 0.3 is 0 Å². The number of nitro groups is 1. The molecule has 0 N–H and O–H groups in total. The molecule has 0 aliphatic rings. The van der Waals surface area contributed by atoms with E-state index >= 15 is 0 Å². The van der Waals surface area contributed by atoms with Crippen molar-refractivity contribution in [2.24, 2.45) is 0 Å². The van der Waals surface area contributed by atoms with Crippen molar-refractivity contribution in [3.8, 4) is 0 Å². The highest BCUT2D eigenvalue weighted by atomic mass is 79.9. The number of nitrogens with zero attached hydrogens (tertiary/aromatic N) is 1. The van der Waals surface area contributed by atoms with Crippen molar-refractivity contribution < 1.29 is 4.92 Å². The molecule has 0 aliphatic carbocycles. The largest absolute Gasteiger partial charge is 0.271 e. The van der Waals surface area contributed by atoms with E-state index in [1.54, 1.807) is 0 Å². The average molecular weight is 232 g/mol. The molecule has 0 heterocycles. The van der Waals surface area contributed by atoms with E-state index in [-0.39, 0.29) is 5.70 Å². The van der Waals surface area contributed by atoms with Crippen LogP contribution in [0.5, 0.6) is 0 Å². The molecule has 66 valence electrons. The van der Waals surface area contributed by atoms with Crippen LogP contribution in [-0.2, 0) is 0 Å². The smallest absolute Gasteiger partial charge is 0.258 e. The zero-order valence-corrected chi connectivity index (χ0v) is 8.21. The molecular weight excluding hydrogens is 222 g/mol. The fourth-order valence-electron chi connectivity index (χ4n) is 0.759. The Labute approximate surface area is 79.7 Å². The van der Waals surface area contributed by atoms with E-state index in [1.165, 1.54) is 12.2 Å². The van der Waals surface area contributed by atoms with Crippen LogP contribution in [0.25, 0.3) is 0 Å². The minimum absolute atomic E-state index is 0.0319. The summed E-state index contributed by atoms with van der Waals surface area (Å²) < 4.78 is 0. The summed E-state index contributed by atoms with van der Waals surface area (Å²) in [6, 6.07) is 0. The number of halogens is 1. The summed E-state index contributed by atoms with van der Waals surface area (Å²) in [5, 5.41) is 11.1. The van der Waals surface area contributed by atoms with Gasteiger partial charge in [-0.3, -0.25) is 10.1 Å². The van der Waals surface area contributed by atoms with Gasteiger partial charge in [-0.05, 0) is 6.42 Å². The van der Waals surface area contributed by atoms with Gasteiger partial charge in [-0.25, -0.2) is 0 Å². The fraction of sp³-hybridized carbons (Fsp3) is 0.250. The molecule has 4 heteroatoms. The van der Waals surface area contributed by atoms with Gasteiger partial charge in [0.15, 0.2) is 0 Å². The first kappa shape index (κ1) is 11.1. The van der Waals surface area contributed by atoms with E-state index in [0.717, 1.165) is 0 Å². The van der Waals surface area contributed by atoms with Gasteiger partial charge in [0.05, 0.1) is 4.92 Å². The first-order valence-electron chi connectivity index (χ1n) is 3.35. The third-order valence-corrected chi connectivity index (χ3v) is 1.73. The topological polar surface area (TPSA) is 43.1 Å². The highest BCUT2D eigenvalue weighted by molar-refractivity contribution is 9.09. The monoisotopic (exact) mass is 231 g/mol. The lowest BCUT2D eigenvalue weighted by atomic mass is 10.1. The van der Waals surface area contributed by atoms with Crippen LogP contribution < -0.4 is 0 Å². The Morgan fingerprint density at radius 1 is 1.50 bits per heavy atom. The first-order chi connectivity index (χ1) is 5.67. The third kappa shape index (κ3) is 3.00. The van der Waals surface area contributed by atoms with Gasteiger partial charge in [-0.15, -0.1) is 0 Å². The molecule has 0 aromatic carbocycles. The summed E-state index contributed by atoms with van der Waals surface area (Å²) in [6.45, 7) is 6.87. The van der Waals surface area contributed by atoms with E-state index < -0.39 is 4.92 Å². The highest BCUT2D eigenvalue weighted by Gasteiger charge is 2.10. The second-order valence-corrected chi connectivity index (χ2v) is 2.81. The summed E-state index contributed by atoms with van der Waals surface area (Å²) in [7, 11) is 0. The van der Waals surface area contributed by atoms with Crippen LogP contribution in [0, 0.1) is 10.1 Å². The molecular formula is C8H10BrNO2. The second kappa shape index (κ2) is 5.71. The predicted molar refractivity (Wildman–Crippen MR) is 52.8 cm³/mol. The molecule has 0 radical (unpaired) electrons. The van der Waals surface area contributed by atoms with E-state index in [2.05, 4.69) is 29.1 Å². The lowest BCUT2D eigenvalue weighted by Crippen LogP contribution is -1.99. The van der Waals surface area contributed by atoms with Gasteiger partial charge < -0.3 is 0 Å². The van der Waals surface area contributed by atoms with Crippen molar-refractivity contribution in [3.05, 3.63) is 46.7 Å². The van der Waals surface area contributed by atoms with Crippen LogP contribution in [0.15, 0.2) is 36.6 Å². The van der Waals surface area contributed by atoms with E-state index in [9.17, 15) is 10.1 Å². The maximum absolute atomic E-state index is 10.4.